The number of halogens is 3. The Labute approximate surface area is 219 Å². The van der Waals surface area contributed by atoms with Crippen LogP contribution in [0.1, 0.15) is 83.5 Å². The van der Waals surface area contributed by atoms with Gasteiger partial charge >= 0.3 is 184 Å². The number of rotatable bonds is 6. The summed E-state index contributed by atoms with van der Waals surface area (Å²) in [6, 6.07) is 0.121. The van der Waals surface area contributed by atoms with Crippen molar-refractivity contribution in [2.24, 2.45) is 0 Å². The molecule has 0 bridgehead atoms. The van der Waals surface area contributed by atoms with Crippen molar-refractivity contribution >= 4 is 42.6 Å². The molecule has 1 N–H and O–H groups in total. The van der Waals surface area contributed by atoms with E-state index < -0.39 is 38.5 Å². The molecule has 1 aliphatic carbocycles. The fourth-order valence-electron chi connectivity index (χ4n) is 4.14. The van der Waals surface area contributed by atoms with Crippen LogP contribution >= 0.6 is 0 Å². The Bertz CT molecular complexity index is 1090. The van der Waals surface area contributed by atoms with Crippen LogP contribution in [0.4, 0.5) is 29.6 Å². The third-order valence-electron chi connectivity index (χ3n) is 5.98. The number of likely N-dealkylation sites (tertiary alicyclic amines) is 1. The second-order valence-electron chi connectivity index (χ2n) is 10.8. The Morgan fingerprint density at radius 3 is 2.39 bits per heavy atom. The quantitative estimate of drug-likeness (QED) is 0.460. The van der Waals surface area contributed by atoms with Gasteiger partial charge < -0.3 is 4.74 Å². The van der Waals surface area contributed by atoms with Crippen LogP contribution in [0.5, 0.6) is 0 Å². The molecule has 0 spiro atoms. The van der Waals surface area contributed by atoms with E-state index in [1.54, 1.807) is 4.90 Å². The van der Waals surface area contributed by atoms with E-state index in [9.17, 15) is 18.0 Å². The molecule has 2 aromatic rings. The molecule has 2 aromatic heterocycles. The molecule has 4 rings (SSSR count). The predicted molar refractivity (Wildman–Crippen MR) is 131 cm³/mol. The first-order valence-electron chi connectivity index (χ1n) is 12.3. The van der Waals surface area contributed by atoms with E-state index in [1.807, 2.05) is 45.5 Å². The Morgan fingerprint density at radius 2 is 1.83 bits per heavy atom. The molecule has 3 heterocycles. The van der Waals surface area contributed by atoms with Crippen molar-refractivity contribution in [1.82, 2.24) is 24.6 Å². The van der Waals surface area contributed by atoms with Crippen LogP contribution in [0, 0.1) is 0 Å². The van der Waals surface area contributed by atoms with Gasteiger partial charge in [-0.2, -0.15) is 0 Å². The summed E-state index contributed by atoms with van der Waals surface area (Å²) in [7, 11) is 0. The molecule has 2 fully saturated rings. The van der Waals surface area contributed by atoms with Gasteiger partial charge in [-0.3, -0.25) is 0 Å². The van der Waals surface area contributed by atoms with Crippen LogP contribution in [0.15, 0.2) is 12.4 Å². The molecule has 1 aliphatic heterocycles. The van der Waals surface area contributed by atoms with Crippen LogP contribution in [0.2, 0.25) is 3.93 Å². The standard InChI is InChI=1S/C21H26F3N6O2.C3H7.Sn/c1-20(2,3)32-19(31)29-8-6-15(7-9-29)30-12-16(17(28-30)13-4-5-13)27-18-25-10-14(11-26-18)21(22,23)24;1-3-2;/h10,12-13,15H,4-9H2,1-3H3,(H,25,26,27);3H,1-2H3;. The van der Waals surface area contributed by atoms with E-state index >= 15 is 0 Å². The second kappa shape index (κ2) is 10.4. The molecule has 8 nitrogen and oxygen atoms in total. The molecule has 196 valence electrons. The topological polar surface area (TPSA) is 85.2 Å². The van der Waals surface area contributed by atoms with E-state index in [0.717, 1.165) is 43.3 Å². The number of hydrogen-bond donors (Lipinski definition) is 1. The molecule has 0 atom stereocenters. The number of carbonyl (C=O) groups excluding carboxylic acids is 1. The molecule has 1 saturated carbocycles. The average molecular weight is 613 g/mol. The minimum absolute atomic E-state index is 0.121. The summed E-state index contributed by atoms with van der Waals surface area (Å²) >= 11 is -1.54. The molecule has 1 amide bonds. The number of aromatic nitrogens is 4. The molecule has 0 aromatic carbocycles. The summed E-state index contributed by atoms with van der Waals surface area (Å²) in [4.78, 5) is 22.4. The molecule has 36 heavy (non-hydrogen) atoms. The van der Waals surface area contributed by atoms with Crippen LogP contribution in [0.3, 0.4) is 0 Å². The van der Waals surface area contributed by atoms with Crippen molar-refractivity contribution in [3.05, 3.63) is 23.7 Å². The van der Waals surface area contributed by atoms with Crippen molar-refractivity contribution in [1.29, 1.82) is 0 Å². The van der Waals surface area contributed by atoms with Gasteiger partial charge in [-0.15, -0.1) is 0 Å². The molecule has 12 heteroatoms. The van der Waals surface area contributed by atoms with Gasteiger partial charge in [0.15, 0.2) is 0 Å². The van der Waals surface area contributed by atoms with Gasteiger partial charge in [-0.25, -0.2) is 4.79 Å². The first kappa shape index (κ1) is 27.0. The zero-order valence-corrected chi connectivity index (χ0v) is 24.2. The molecular formula is C24H33F3N6O2Sn. The third kappa shape index (κ3) is 6.83. The molecule has 2 radical (unpaired) electrons. The van der Waals surface area contributed by atoms with Gasteiger partial charge in [-0.05, 0) is 20.8 Å². The van der Waals surface area contributed by atoms with Crippen molar-refractivity contribution in [2.75, 3.05) is 18.4 Å². The van der Waals surface area contributed by atoms with Crippen molar-refractivity contribution < 1.29 is 22.7 Å². The maximum absolute atomic E-state index is 13.5. The zero-order valence-electron chi connectivity index (χ0n) is 21.3. The average Bonchev–Trinajstić information content (AvgIpc) is 3.52. The van der Waals surface area contributed by atoms with Crippen LogP contribution < -0.4 is 9.03 Å². The number of nitrogens with one attached hydrogen (secondary N) is 1. The minimum atomic E-state index is -4.46. The van der Waals surface area contributed by atoms with Gasteiger partial charge in [-0.1, -0.05) is 0 Å². The maximum atomic E-state index is 13.5. The number of hydrogen-bond acceptors (Lipinski definition) is 6. The number of ether oxygens (including phenoxy) is 1. The Morgan fingerprint density at radius 1 is 1.17 bits per heavy atom. The second-order valence-corrected chi connectivity index (χ2v) is 16.2. The molecule has 0 unspecified atom stereocenters. The summed E-state index contributed by atoms with van der Waals surface area (Å²) in [6.07, 6.45) is 1.60. The monoisotopic (exact) mass is 614 g/mol. The first-order chi connectivity index (χ1) is 16.8. The van der Waals surface area contributed by atoms with E-state index in [2.05, 4.69) is 15.3 Å². The van der Waals surface area contributed by atoms with Crippen molar-refractivity contribution in [2.45, 2.75) is 88.0 Å². The normalized spacial score (nSPS) is 17.5. The van der Waals surface area contributed by atoms with Gasteiger partial charge in [0.05, 0.1) is 0 Å². The van der Waals surface area contributed by atoms with E-state index in [1.165, 1.54) is 0 Å². The number of piperidine rings is 1. The summed E-state index contributed by atoms with van der Waals surface area (Å²) in [6.45, 7) is 10.6. The Kier molecular flexibility index (Phi) is 7.78. The number of anilines is 2. The fourth-order valence-corrected chi connectivity index (χ4v) is 7.22. The fraction of sp³-hybridized carbons (Fsp3) is 0.667. The SMILES string of the molecule is C[CH](C)[Sn][c]1nc(Nc2cn(C3CCN(C(=O)OC(C)(C)C)CC3)nc2C2CC2)ncc1C(F)(F)F. The number of carbonyl (C=O) groups is 1. The van der Waals surface area contributed by atoms with Crippen molar-refractivity contribution in [3.8, 4) is 0 Å². The Balaban J connectivity index is 1.50. The molecular weight excluding hydrogens is 580 g/mol. The zero-order chi connectivity index (χ0) is 26.3. The predicted octanol–water partition coefficient (Wildman–Crippen LogP) is 5.04. The van der Waals surface area contributed by atoms with Gasteiger partial charge in [0, 0.05) is 0 Å². The van der Waals surface area contributed by atoms with Crippen LogP contribution in [0.25, 0.3) is 0 Å². The van der Waals surface area contributed by atoms with Crippen LogP contribution in [-0.2, 0) is 10.9 Å². The van der Waals surface area contributed by atoms with E-state index in [4.69, 9.17) is 9.84 Å². The van der Waals surface area contributed by atoms with E-state index in [-0.39, 0.29) is 25.7 Å². The number of amides is 1. The summed E-state index contributed by atoms with van der Waals surface area (Å²) in [5.41, 5.74) is 0.392. The number of alkyl halides is 3. The van der Waals surface area contributed by atoms with Gasteiger partial charge in [0.2, 0.25) is 0 Å². The first-order valence-corrected chi connectivity index (χ1v) is 15.4. The summed E-state index contributed by atoms with van der Waals surface area (Å²) in [5.74, 6) is 0.511. The van der Waals surface area contributed by atoms with Crippen molar-refractivity contribution in [3.63, 3.8) is 0 Å². The number of nitrogens with zero attached hydrogens (tertiary/aromatic N) is 5. The molecule has 2 aliphatic rings. The third-order valence-corrected chi connectivity index (χ3v) is 9.50. The van der Waals surface area contributed by atoms with Gasteiger partial charge in [0.1, 0.15) is 5.60 Å². The van der Waals surface area contributed by atoms with E-state index in [0.29, 0.717) is 19.0 Å². The van der Waals surface area contributed by atoms with Gasteiger partial charge in [0.25, 0.3) is 0 Å². The Hall–Kier alpha value is -2.05. The van der Waals surface area contributed by atoms with Crippen LogP contribution in [-0.4, -0.2) is 70.6 Å². The molecule has 1 saturated heterocycles. The summed E-state index contributed by atoms with van der Waals surface area (Å²) < 4.78 is 48.2. The summed E-state index contributed by atoms with van der Waals surface area (Å²) in [5, 5.41) is 8.01.